The van der Waals surface area contributed by atoms with Gasteiger partial charge in [0.15, 0.2) is 0 Å². The minimum atomic E-state index is -0.430. The molecular weight excluding hydrogens is 472 g/mol. The summed E-state index contributed by atoms with van der Waals surface area (Å²) in [7, 11) is 0. The molecule has 0 spiro atoms. The van der Waals surface area contributed by atoms with Crippen LogP contribution < -0.4 is 0 Å². The predicted molar refractivity (Wildman–Crippen MR) is 167 cm³/mol. The van der Waals surface area contributed by atoms with Crippen molar-refractivity contribution in [3.8, 4) is 0 Å². The summed E-state index contributed by atoms with van der Waals surface area (Å²) in [5, 5.41) is 0. The summed E-state index contributed by atoms with van der Waals surface area (Å²) >= 11 is 0. The van der Waals surface area contributed by atoms with Crippen LogP contribution >= 0.6 is 0 Å². The molecule has 0 aliphatic rings. The fourth-order valence-electron chi connectivity index (χ4n) is 5.74. The van der Waals surface area contributed by atoms with Crippen LogP contribution in [0.1, 0.15) is 112 Å². The van der Waals surface area contributed by atoms with E-state index in [1.165, 1.54) is 38.9 Å². The summed E-state index contributed by atoms with van der Waals surface area (Å²) in [6, 6.07) is 37.7. The van der Waals surface area contributed by atoms with Crippen LogP contribution in [0.4, 0.5) is 0 Å². The van der Waals surface area contributed by atoms with Gasteiger partial charge in [-0.15, -0.1) is 0 Å². The van der Waals surface area contributed by atoms with E-state index in [0.717, 1.165) is 13.0 Å². The van der Waals surface area contributed by atoms with Gasteiger partial charge in [-0.1, -0.05) is 138 Å². The smallest absolute Gasteiger partial charge is 0.0881 e. The second-order valence-corrected chi connectivity index (χ2v) is 12.0. The number of ether oxygens (including phenoxy) is 1. The molecule has 0 amide bonds. The quantitative estimate of drug-likeness (QED) is 0.192. The zero-order valence-electron chi connectivity index (χ0n) is 24.9. The zero-order chi connectivity index (χ0) is 28.0. The van der Waals surface area contributed by atoms with E-state index in [2.05, 4.69) is 152 Å². The molecule has 0 radical (unpaired) electrons. The lowest BCUT2D eigenvalue weighted by molar-refractivity contribution is -0.0276. The second-order valence-electron chi connectivity index (χ2n) is 12.0. The van der Waals surface area contributed by atoms with Gasteiger partial charge in [0.25, 0.3) is 0 Å². The van der Waals surface area contributed by atoms with Gasteiger partial charge in [0.1, 0.15) is 0 Å². The van der Waals surface area contributed by atoms with E-state index in [1.807, 2.05) is 0 Å². The Morgan fingerprint density at radius 3 is 1.31 bits per heavy atom. The van der Waals surface area contributed by atoms with Crippen LogP contribution in [0.5, 0.6) is 0 Å². The van der Waals surface area contributed by atoms with E-state index in [4.69, 9.17) is 4.74 Å². The Balaban J connectivity index is 1.96. The highest BCUT2D eigenvalue weighted by molar-refractivity contribution is 5.52. The van der Waals surface area contributed by atoms with Crippen molar-refractivity contribution >= 4 is 0 Å². The Labute approximate surface area is 237 Å². The molecule has 0 saturated carbocycles. The standard InChI is InChI=1S/C38H46O/c1-27(2)23-24-39-38(6,7)37-35(29(4)32-19-13-9-14-20-32)25-34(28(3)31-17-11-8-12-18-31)26-36(37)30(5)33-21-15-10-16-22-33/h8-22,25-30H,23-24H2,1-7H3. The van der Waals surface area contributed by atoms with Gasteiger partial charge < -0.3 is 4.74 Å². The highest BCUT2D eigenvalue weighted by Crippen LogP contribution is 2.44. The maximum absolute atomic E-state index is 6.76. The average Bonchev–Trinajstić information content (AvgIpc) is 2.96. The Bertz CT molecular complexity index is 1240. The van der Waals surface area contributed by atoms with Crippen molar-refractivity contribution in [2.24, 2.45) is 5.92 Å². The summed E-state index contributed by atoms with van der Waals surface area (Å²) in [6.07, 6.45) is 1.06. The number of hydrogen-bond donors (Lipinski definition) is 0. The fourth-order valence-corrected chi connectivity index (χ4v) is 5.74. The number of rotatable bonds is 11. The van der Waals surface area contributed by atoms with Gasteiger partial charge >= 0.3 is 0 Å². The molecule has 204 valence electrons. The normalized spacial score (nSPS) is 14.3. The molecule has 3 atom stereocenters. The molecule has 0 heterocycles. The van der Waals surface area contributed by atoms with Crippen molar-refractivity contribution in [3.05, 3.63) is 142 Å². The van der Waals surface area contributed by atoms with Gasteiger partial charge in [-0.3, -0.25) is 0 Å². The van der Waals surface area contributed by atoms with Crippen LogP contribution in [0.2, 0.25) is 0 Å². The average molecular weight is 519 g/mol. The maximum atomic E-state index is 6.76. The zero-order valence-corrected chi connectivity index (χ0v) is 24.9. The van der Waals surface area contributed by atoms with E-state index < -0.39 is 5.60 Å². The van der Waals surface area contributed by atoms with Gasteiger partial charge in [0.2, 0.25) is 0 Å². The third kappa shape index (κ3) is 6.89. The van der Waals surface area contributed by atoms with Gasteiger partial charge in [0.05, 0.1) is 5.60 Å². The summed E-state index contributed by atoms with van der Waals surface area (Å²) in [4.78, 5) is 0. The molecule has 0 aromatic heterocycles. The first-order chi connectivity index (χ1) is 18.7. The topological polar surface area (TPSA) is 9.23 Å². The van der Waals surface area contributed by atoms with E-state index in [0.29, 0.717) is 5.92 Å². The first kappa shape index (κ1) is 28.8. The minimum absolute atomic E-state index is 0.235. The largest absolute Gasteiger partial charge is 0.371 e. The highest BCUT2D eigenvalue weighted by Gasteiger charge is 2.33. The van der Waals surface area contributed by atoms with E-state index in [9.17, 15) is 0 Å². The van der Waals surface area contributed by atoms with Gasteiger partial charge in [-0.2, -0.15) is 0 Å². The van der Waals surface area contributed by atoms with Crippen molar-refractivity contribution in [3.63, 3.8) is 0 Å². The van der Waals surface area contributed by atoms with Crippen LogP contribution in [-0.2, 0) is 10.3 Å². The molecule has 4 aromatic rings. The molecule has 0 fully saturated rings. The minimum Gasteiger partial charge on any atom is -0.371 e. The molecule has 0 N–H and O–H groups in total. The highest BCUT2D eigenvalue weighted by atomic mass is 16.5. The molecule has 1 heteroatoms. The Morgan fingerprint density at radius 1 is 0.538 bits per heavy atom. The Morgan fingerprint density at radius 2 is 0.923 bits per heavy atom. The van der Waals surface area contributed by atoms with Gasteiger partial charge in [-0.25, -0.2) is 0 Å². The van der Waals surface area contributed by atoms with Crippen molar-refractivity contribution in [2.75, 3.05) is 6.61 Å². The van der Waals surface area contributed by atoms with Gasteiger partial charge in [0, 0.05) is 24.4 Å². The van der Waals surface area contributed by atoms with Crippen molar-refractivity contribution in [1.82, 2.24) is 0 Å². The van der Waals surface area contributed by atoms with Crippen LogP contribution in [0, 0.1) is 5.92 Å². The molecule has 4 aromatic carbocycles. The molecule has 0 saturated heterocycles. The number of benzene rings is 4. The maximum Gasteiger partial charge on any atom is 0.0881 e. The molecule has 0 bridgehead atoms. The second kappa shape index (κ2) is 12.8. The lowest BCUT2D eigenvalue weighted by atomic mass is 9.74. The van der Waals surface area contributed by atoms with Crippen molar-refractivity contribution in [2.45, 2.75) is 78.2 Å². The van der Waals surface area contributed by atoms with Crippen molar-refractivity contribution < 1.29 is 4.74 Å². The monoisotopic (exact) mass is 518 g/mol. The predicted octanol–water partition coefficient (Wildman–Crippen LogP) is 10.4. The van der Waals surface area contributed by atoms with E-state index in [-0.39, 0.29) is 17.8 Å². The van der Waals surface area contributed by atoms with Crippen LogP contribution in [0.3, 0.4) is 0 Å². The summed E-state index contributed by atoms with van der Waals surface area (Å²) < 4.78 is 6.76. The third-order valence-corrected chi connectivity index (χ3v) is 8.31. The van der Waals surface area contributed by atoms with Crippen molar-refractivity contribution in [1.29, 1.82) is 0 Å². The molecule has 0 aliphatic carbocycles. The molecule has 39 heavy (non-hydrogen) atoms. The molecular formula is C38H46O. The summed E-state index contributed by atoms with van der Waals surface area (Å²) in [6.45, 7) is 16.9. The Hall–Kier alpha value is -3.16. The lowest BCUT2D eigenvalue weighted by Crippen LogP contribution is -2.28. The van der Waals surface area contributed by atoms with Crippen LogP contribution in [-0.4, -0.2) is 6.61 Å². The van der Waals surface area contributed by atoms with E-state index >= 15 is 0 Å². The third-order valence-electron chi connectivity index (χ3n) is 8.31. The first-order valence-corrected chi connectivity index (χ1v) is 14.7. The van der Waals surface area contributed by atoms with E-state index in [1.54, 1.807) is 0 Å². The van der Waals surface area contributed by atoms with Crippen LogP contribution in [0.15, 0.2) is 103 Å². The molecule has 1 nitrogen and oxygen atoms in total. The SMILES string of the molecule is CC(C)CCOC(C)(C)c1c(C(C)c2ccccc2)cc(C(C)c2ccccc2)cc1C(C)c1ccccc1. The van der Waals surface area contributed by atoms with Crippen LogP contribution in [0.25, 0.3) is 0 Å². The summed E-state index contributed by atoms with van der Waals surface area (Å²) in [5.41, 5.74) is 9.01. The van der Waals surface area contributed by atoms with Gasteiger partial charge in [-0.05, 0) is 65.1 Å². The molecule has 0 aliphatic heterocycles. The lowest BCUT2D eigenvalue weighted by Gasteiger charge is -2.35. The molecule has 4 rings (SSSR count). The Kier molecular flexibility index (Phi) is 9.46. The fraction of sp³-hybridized carbons (Fsp3) is 0.368. The molecule has 3 unspecified atom stereocenters. The number of hydrogen-bond acceptors (Lipinski definition) is 1. The summed E-state index contributed by atoms with van der Waals surface area (Å²) in [5.74, 6) is 1.37. The first-order valence-electron chi connectivity index (χ1n) is 14.7.